The van der Waals surface area contributed by atoms with E-state index in [0.717, 1.165) is 35.1 Å². The summed E-state index contributed by atoms with van der Waals surface area (Å²) in [5.41, 5.74) is 5.50. The van der Waals surface area contributed by atoms with Gasteiger partial charge in [-0.3, -0.25) is 4.68 Å². The lowest BCUT2D eigenvalue weighted by atomic mass is 10.1. The van der Waals surface area contributed by atoms with Crippen molar-refractivity contribution in [2.75, 3.05) is 12.4 Å². The van der Waals surface area contributed by atoms with Crippen molar-refractivity contribution in [1.82, 2.24) is 9.78 Å². The third kappa shape index (κ3) is 3.39. The molecule has 1 aromatic heterocycles. The molecule has 0 aliphatic rings. The third-order valence-corrected chi connectivity index (χ3v) is 4.05. The van der Waals surface area contributed by atoms with Crippen LogP contribution in [-0.4, -0.2) is 16.9 Å². The van der Waals surface area contributed by atoms with Crippen LogP contribution in [0.5, 0.6) is 0 Å². The zero-order valence-corrected chi connectivity index (χ0v) is 13.8. The highest BCUT2D eigenvalue weighted by Crippen LogP contribution is 2.26. The number of methoxy groups -OCH3 is 1. The lowest BCUT2D eigenvalue weighted by molar-refractivity contribution is 0.185. The molecule has 21 heavy (non-hydrogen) atoms. The number of halogens is 1. The van der Waals surface area contributed by atoms with Crippen molar-refractivity contribution in [3.63, 3.8) is 0 Å². The molecule has 0 aliphatic carbocycles. The summed E-state index contributed by atoms with van der Waals surface area (Å²) in [4.78, 5) is 0. The van der Waals surface area contributed by atoms with Gasteiger partial charge in [-0.2, -0.15) is 5.10 Å². The second kappa shape index (κ2) is 6.96. The molecular weight excluding hydrogens is 286 g/mol. The average Bonchev–Trinajstić information content (AvgIpc) is 2.74. The Morgan fingerprint density at radius 2 is 2.05 bits per heavy atom. The fourth-order valence-corrected chi connectivity index (χ4v) is 2.73. The van der Waals surface area contributed by atoms with E-state index < -0.39 is 0 Å². The maximum absolute atomic E-state index is 6.24. The van der Waals surface area contributed by atoms with Crippen LogP contribution in [0.3, 0.4) is 0 Å². The Morgan fingerprint density at radius 1 is 1.29 bits per heavy atom. The summed E-state index contributed by atoms with van der Waals surface area (Å²) in [5.74, 6) is 0. The standard InChI is InChI=1S/C16H22ClN3O/c1-5-20-12(3)13(11(2)19-20)9-18-16-8-6-7-15(17)14(16)10-21-4/h6-8,18H,5,9-10H2,1-4H3. The van der Waals surface area contributed by atoms with Gasteiger partial charge in [0.2, 0.25) is 0 Å². The molecule has 5 heteroatoms. The summed E-state index contributed by atoms with van der Waals surface area (Å²) in [6, 6.07) is 5.85. The van der Waals surface area contributed by atoms with Crippen LogP contribution < -0.4 is 5.32 Å². The van der Waals surface area contributed by atoms with Gasteiger partial charge >= 0.3 is 0 Å². The first-order chi connectivity index (χ1) is 10.1. The van der Waals surface area contributed by atoms with Gasteiger partial charge in [-0.15, -0.1) is 0 Å². The zero-order valence-electron chi connectivity index (χ0n) is 13.0. The van der Waals surface area contributed by atoms with E-state index in [-0.39, 0.29) is 0 Å². The van der Waals surface area contributed by atoms with E-state index in [9.17, 15) is 0 Å². The van der Waals surface area contributed by atoms with Crippen LogP contribution in [0.4, 0.5) is 5.69 Å². The average molecular weight is 308 g/mol. The predicted octanol–water partition coefficient (Wildman–Crippen LogP) is 3.93. The minimum absolute atomic E-state index is 0.494. The van der Waals surface area contributed by atoms with Crippen molar-refractivity contribution >= 4 is 17.3 Å². The molecule has 0 saturated heterocycles. The van der Waals surface area contributed by atoms with E-state index in [2.05, 4.69) is 24.3 Å². The van der Waals surface area contributed by atoms with Gasteiger partial charge in [0.05, 0.1) is 12.3 Å². The smallest absolute Gasteiger partial charge is 0.0747 e. The van der Waals surface area contributed by atoms with Crippen LogP contribution in [0.15, 0.2) is 18.2 Å². The SMILES string of the molecule is CCn1nc(C)c(CNc2cccc(Cl)c2COC)c1C. The first-order valence-corrected chi connectivity index (χ1v) is 7.49. The molecule has 0 radical (unpaired) electrons. The molecule has 0 bridgehead atoms. The molecular formula is C16H22ClN3O. The topological polar surface area (TPSA) is 39.1 Å². The highest BCUT2D eigenvalue weighted by atomic mass is 35.5. The Kier molecular flexibility index (Phi) is 5.26. The number of nitrogens with one attached hydrogen (secondary N) is 1. The molecule has 114 valence electrons. The van der Waals surface area contributed by atoms with Gasteiger partial charge in [-0.05, 0) is 32.9 Å². The van der Waals surface area contributed by atoms with E-state index in [1.165, 1.54) is 11.3 Å². The second-order valence-corrected chi connectivity index (χ2v) is 5.42. The van der Waals surface area contributed by atoms with Crippen molar-refractivity contribution in [1.29, 1.82) is 0 Å². The summed E-state index contributed by atoms with van der Waals surface area (Å²) < 4.78 is 7.26. The fraction of sp³-hybridized carbons (Fsp3) is 0.438. The Hall–Kier alpha value is -1.52. The highest BCUT2D eigenvalue weighted by molar-refractivity contribution is 6.31. The summed E-state index contributed by atoms with van der Waals surface area (Å²) in [5, 5.41) is 8.72. The van der Waals surface area contributed by atoms with Crippen LogP contribution >= 0.6 is 11.6 Å². The summed E-state index contributed by atoms with van der Waals surface area (Å²) in [6.07, 6.45) is 0. The normalized spacial score (nSPS) is 10.9. The molecule has 0 unspecified atom stereocenters. The molecule has 0 saturated carbocycles. The largest absolute Gasteiger partial charge is 0.380 e. The number of hydrogen-bond donors (Lipinski definition) is 1. The van der Waals surface area contributed by atoms with Crippen LogP contribution in [0, 0.1) is 13.8 Å². The molecule has 1 N–H and O–H groups in total. The minimum Gasteiger partial charge on any atom is -0.380 e. The number of nitrogens with zero attached hydrogens (tertiary/aromatic N) is 2. The third-order valence-electron chi connectivity index (χ3n) is 3.69. The van der Waals surface area contributed by atoms with Gasteiger partial charge in [0, 0.05) is 47.7 Å². The number of hydrogen-bond acceptors (Lipinski definition) is 3. The first kappa shape index (κ1) is 15.9. The Bertz CT molecular complexity index is 622. The predicted molar refractivity (Wildman–Crippen MR) is 86.9 cm³/mol. The maximum Gasteiger partial charge on any atom is 0.0747 e. The van der Waals surface area contributed by atoms with Gasteiger partial charge in [0.15, 0.2) is 0 Å². The number of aryl methyl sites for hydroxylation is 2. The molecule has 2 rings (SSSR count). The van der Waals surface area contributed by atoms with Gasteiger partial charge in [-0.1, -0.05) is 17.7 Å². The van der Waals surface area contributed by atoms with Crippen LogP contribution in [0.25, 0.3) is 0 Å². The van der Waals surface area contributed by atoms with Gasteiger partial charge < -0.3 is 10.1 Å². The molecule has 1 heterocycles. The van der Waals surface area contributed by atoms with Gasteiger partial charge in [0.1, 0.15) is 0 Å². The number of ether oxygens (including phenoxy) is 1. The Morgan fingerprint density at radius 3 is 2.67 bits per heavy atom. The molecule has 0 spiro atoms. The van der Waals surface area contributed by atoms with E-state index in [1.54, 1.807) is 7.11 Å². The van der Waals surface area contributed by atoms with Crippen molar-refractivity contribution in [2.45, 2.75) is 40.5 Å². The fourth-order valence-electron chi connectivity index (χ4n) is 2.50. The molecule has 1 aromatic carbocycles. The molecule has 0 aliphatic heterocycles. The van der Waals surface area contributed by atoms with Crippen molar-refractivity contribution < 1.29 is 4.74 Å². The van der Waals surface area contributed by atoms with Crippen molar-refractivity contribution in [3.8, 4) is 0 Å². The first-order valence-electron chi connectivity index (χ1n) is 7.11. The summed E-state index contributed by atoms with van der Waals surface area (Å²) in [7, 11) is 1.67. The second-order valence-electron chi connectivity index (χ2n) is 5.02. The minimum atomic E-state index is 0.494. The van der Waals surface area contributed by atoms with E-state index >= 15 is 0 Å². The lowest BCUT2D eigenvalue weighted by Gasteiger charge is -2.13. The van der Waals surface area contributed by atoms with Gasteiger partial charge in [0.25, 0.3) is 0 Å². The summed E-state index contributed by atoms with van der Waals surface area (Å²) >= 11 is 6.24. The lowest BCUT2D eigenvalue weighted by Crippen LogP contribution is -2.06. The molecule has 4 nitrogen and oxygen atoms in total. The van der Waals surface area contributed by atoms with Gasteiger partial charge in [-0.25, -0.2) is 0 Å². The van der Waals surface area contributed by atoms with E-state index in [4.69, 9.17) is 16.3 Å². The number of aromatic nitrogens is 2. The number of benzene rings is 1. The highest BCUT2D eigenvalue weighted by Gasteiger charge is 2.12. The maximum atomic E-state index is 6.24. The molecule has 2 aromatic rings. The number of anilines is 1. The van der Waals surface area contributed by atoms with E-state index in [1.807, 2.05) is 29.8 Å². The zero-order chi connectivity index (χ0) is 15.4. The monoisotopic (exact) mass is 307 g/mol. The number of rotatable bonds is 6. The van der Waals surface area contributed by atoms with Crippen LogP contribution in [-0.2, 0) is 24.4 Å². The Labute approximate surface area is 131 Å². The van der Waals surface area contributed by atoms with Crippen LogP contribution in [0.1, 0.15) is 29.4 Å². The van der Waals surface area contributed by atoms with Crippen LogP contribution in [0.2, 0.25) is 5.02 Å². The molecule has 0 amide bonds. The Balaban J connectivity index is 2.21. The van der Waals surface area contributed by atoms with Crippen molar-refractivity contribution in [2.24, 2.45) is 0 Å². The molecule has 0 atom stereocenters. The van der Waals surface area contributed by atoms with E-state index in [0.29, 0.717) is 6.61 Å². The summed E-state index contributed by atoms with van der Waals surface area (Å²) in [6.45, 7) is 8.37. The quantitative estimate of drug-likeness (QED) is 0.879. The van der Waals surface area contributed by atoms with Crippen molar-refractivity contribution in [3.05, 3.63) is 45.7 Å². The molecule has 0 fully saturated rings.